The summed E-state index contributed by atoms with van der Waals surface area (Å²) in [6.45, 7) is 0.854. The van der Waals surface area contributed by atoms with Crippen LogP contribution < -0.4 is 0 Å². The number of carbonyl (C=O) groups is 1. The lowest BCUT2D eigenvalue weighted by atomic mass is 10.0. The van der Waals surface area contributed by atoms with Gasteiger partial charge in [-0.25, -0.2) is 9.97 Å². The van der Waals surface area contributed by atoms with E-state index in [1.165, 1.54) is 12.5 Å². The standard InChI is InChI=1S/C16H14ClN3O/c17-16-14(8-18-11-19-16)15(21)13-6-7-20(10-13)9-12-4-2-1-3-5-12/h1-4,6-8,10-12H,5,9H2. The van der Waals surface area contributed by atoms with E-state index in [-0.39, 0.29) is 10.9 Å². The first-order valence-electron chi connectivity index (χ1n) is 6.73. The first kappa shape index (κ1) is 13.8. The van der Waals surface area contributed by atoms with Gasteiger partial charge >= 0.3 is 0 Å². The van der Waals surface area contributed by atoms with Crippen molar-refractivity contribution < 1.29 is 4.79 Å². The molecule has 21 heavy (non-hydrogen) atoms. The van der Waals surface area contributed by atoms with Gasteiger partial charge in [0, 0.05) is 30.7 Å². The second-order valence-corrected chi connectivity index (χ2v) is 5.32. The first-order chi connectivity index (χ1) is 10.2. The molecule has 4 nitrogen and oxygen atoms in total. The number of aromatic nitrogens is 3. The van der Waals surface area contributed by atoms with Gasteiger partial charge in [-0.15, -0.1) is 0 Å². The number of rotatable bonds is 4. The zero-order valence-electron chi connectivity index (χ0n) is 11.3. The number of allylic oxidation sites excluding steroid dienone is 4. The molecule has 0 aliphatic heterocycles. The molecule has 106 valence electrons. The summed E-state index contributed by atoms with van der Waals surface area (Å²) < 4.78 is 2.03. The fourth-order valence-corrected chi connectivity index (χ4v) is 2.53. The van der Waals surface area contributed by atoms with Gasteiger partial charge in [-0.2, -0.15) is 0 Å². The predicted octanol–water partition coefficient (Wildman–Crippen LogP) is 3.29. The smallest absolute Gasteiger partial charge is 0.199 e. The van der Waals surface area contributed by atoms with Crippen LogP contribution in [0.1, 0.15) is 22.3 Å². The lowest BCUT2D eigenvalue weighted by Gasteiger charge is -2.13. The average Bonchev–Trinajstić information content (AvgIpc) is 2.97. The maximum absolute atomic E-state index is 12.4. The van der Waals surface area contributed by atoms with Crippen LogP contribution in [0.3, 0.4) is 0 Å². The molecule has 5 heteroatoms. The number of hydrogen-bond donors (Lipinski definition) is 0. The van der Waals surface area contributed by atoms with Crippen LogP contribution in [0.2, 0.25) is 5.15 Å². The fourth-order valence-electron chi connectivity index (χ4n) is 2.35. The van der Waals surface area contributed by atoms with E-state index in [1.807, 2.05) is 17.0 Å². The largest absolute Gasteiger partial charge is 0.353 e. The second kappa shape index (κ2) is 6.06. The van der Waals surface area contributed by atoms with Crippen molar-refractivity contribution in [1.29, 1.82) is 0 Å². The summed E-state index contributed by atoms with van der Waals surface area (Å²) in [7, 11) is 0. The summed E-state index contributed by atoms with van der Waals surface area (Å²) in [6, 6.07) is 1.80. The number of nitrogens with zero attached hydrogens (tertiary/aromatic N) is 3. The van der Waals surface area contributed by atoms with Crippen LogP contribution in [-0.4, -0.2) is 20.3 Å². The molecule has 1 aliphatic rings. The molecule has 0 saturated heterocycles. The first-order valence-corrected chi connectivity index (χ1v) is 7.11. The maximum atomic E-state index is 12.4. The molecule has 0 spiro atoms. The molecular weight excluding hydrogens is 286 g/mol. The number of carbonyl (C=O) groups excluding carboxylic acids is 1. The van der Waals surface area contributed by atoms with E-state index in [4.69, 9.17) is 11.6 Å². The van der Waals surface area contributed by atoms with Crippen molar-refractivity contribution in [3.63, 3.8) is 0 Å². The summed E-state index contributed by atoms with van der Waals surface area (Å²) in [6.07, 6.45) is 16.0. The predicted molar refractivity (Wildman–Crippen MR) is 81.3 cm³/mol. The van der Waals surface area contributed by atoms with E-state index >= 15 is 0 Å². The van der Waals surface area contributed by atoms with Crippen molar-refractivity contribution in [3.05, 3.63) is 71.6 Å². The SMILES string of the molecule is O=C(c1ccn(CC2C=CC=CC2)c1)c1cncnc1Cl. The van der Waals surface area contributed by atoms with Crippen molar-refractivity contribution in [2.45, 2.75) is 13.0 Å². The molecule has 0 amide bonds. The maximum Gasteiger partial charge on any atom is 0.199 e. The van der Waals surface area contributed by atoms with Crippen LogP contribution in [0.4, 0.5) is 0 Å². The molecule has 1 atom stereocenters. The molecule has 0 aromatic carbocycles. The summed E-state index contributed by atoms with van der Waals surface area (Å²) in [5.74, 6) is 0.312. The zero-order chi connectivity index (χ0) is 14.7. The van der Waals surface area contributed by atoms with Gasteiger partial charge in [-0.3, -0.25) is 4.79 Å². The van der Waals surface area contributed by atoms with Gasteiger partial charge < -0.3 is 4.57 Å². The molecule has 1 unspecified atom stereocenters. The van der Waals surface area contributed by atoms with Gasteiger partial charge in [0.05, 0.1) is 5.56 Å². The van der Waals surface area contributed by atoms with Crippen molar-refractivity contribution in [3.8, 4) is 0 Å². The van der Waals surface area contributed by atoms with Crippen LogP contribution >= 0.6 is 11.6 Å². The minimum absolute atomic E-state index is 0.154. The summed E-state index contributed by atoms with van der Waals surface area (Å²) in [4.78, 5) is 20.1. The highest BCUT2D eigenvalue weighted by atomic mass is 35.5. The highest BCUT2D eigenvalue weighted by Crippen LogP contribution is 2.18. The van der Waals surface area contributed by atoms with Crippen LogP contribution in [0.5, 0.6) is 0 Å². The van der Waals surface area contributed by atoms with Crippen LogP contribution in [0.15, 0.2) is 55.3 Å². The average molecular weight is 300 g/mol. The third-order valence-corrected chi connectivity index (χ3v) is 3.74. The Hall–Kier alpha value is -2.20. The third-order valence-electron chi connectivity index (χ3n) is 3.44. The lowest BCUT2D eigenvalue weighted by Crippen LogP contribution is -2.08. The van der Waals surface area contributed by atoms with E-state index < -0.39 is 0 Å². The van der Waals surface area contributed by atoms with E-state index in [0.29, 0.717) is 17.0 Å². The Balaban J connectivity index is 1.75. The van der Waals surface area contributed by atoms with Crippen LogP contribution in [0, 0.1) is 5.92 Å². The summed E-state index contributed by atoms with van der Waals surface area (Å²) in [5, 5.41) is 0.183. The topological polar surface area (TPSA) is 47.8 Å². The fraction of sp³-hybridized carbons (Fsp3) is 0.188. The van der Waals surface area contributed by atoms with E-state index in [2.05, 4.69) is 34.3 Å². The van der Waals surface area contributed by atoms with Gasteiger partial charge in [0.2, 0.25) is 0 Å². The summed E-state index contributed by atoms with van der Waals surface area (Å²) in [5.41, 5.74) is 0.930. The highest BCUT2D eigenvalue weighted by Gasteiger charge is 2.15. The number of hydrogen-bond acceptors (Lipinski definition) is 3. The van der Waals surface area contributed by atoms with Gasteiger partial charge in [-0.05, 0) is 18.4 Å². The van der Waals surface area contributed by atoms with E-state index in [0.717, 1.165) is 13.0 Å². The molecular formula is C16H14ClN3O. The molecule has 2 aromatic rings. The van der Waals surface area contributed by atoms with E-state index in [1.54, 1.807) is 6.07 Å². The minimum atomic E-state index is -0.154. The Labute approximate surface area is 127 Å². The number of halogens is 1. The summed E-state index contributed by atoms with van der Waals surface area (Å²) >= 11 is 5.94. The Morgan fingerprint density at radius 3 is 3.10 bits per heavy atom. The Kier molecular flexibility index (Phi) is 3.97. The minimum Gasteiger partial charge on any atom is -0.353 e. The second-order valence-electron chi connectivity index (χ2n) is 4.96. The lowest BCUT2D eigenvalue weighted by molar-refractivity contribution is 0.103. The van der Waals surface area contributed by atoms with Gasteiger partial charge in [0.15, 0.2) is 5.78 Å². The van der Waals surface area contributed by atoms with Crippen molar-refractivity contribution in [1.82, 2.24) is 14.5 Å². The van der Waals surface area contributed by atoms with Crippen LogP contribution in [-0.2, 0) is 6.54 Å². The van der Waals surface area contributed by atoms with Crippen molar-refractivity contribution in [2.24, 2.45) is 5.92 Å². The molecule has 3 rings (SSSR count). The normalized spacial score (nSPS) is 17.1. The Morgan fingerprint density at radius 1 is 1.43 bits per heavy atom. The third kappa shape index (κ3) is 3.11. The molecule has 0 saturated carbocycles. The zero-order valence-corrected chi connectivity index (χ0v) is 12.1. The highest BCUT2D eigenvalue weighted by molar-refractivity contribution is 6.33. The molecule has 0 fully saturated rings. The van der Waals surface area contributed by atoms with E-state index in [9.17, 15) is 4.79 Å². The van der Waals surface area contributed by atoms with Crippen molar-refractivity contribution >= 4 is 17.4 Å². The van der Waals surface area contributed by atoms with Crippen molar-refractivity contribution in [2.75, 3.05) is 0 Å². The molecule has 2 aromatic heterocycles. The van der Waals surface area contributed by atoms with Gasteiger partial charge in [0.1, 0.15) is 11.5 Å². The quantitative estimate of drug-likeness (QED) is 0.643. The number of ketones is 1. The molecule has 0 bridgehead atoms. The van der Waals surface area contributed by atoms with Gasteiger partial charge in [0.25, 0.3) is 0 Å². The van der Waals surface area contributed by atoms with Crippen LogP contribution in [0.25, 0.3) is 0 Å². The molecule has 0 N–H and O–H groups in total. The molecule has 0 radical (unpaired) electrons. The molecule has 1 aliphatic carbocycles. The van der Waals surface area contributed by atoms with Gasteiger partial charge in [-0.1, -0.05) is 35.9 Å². The molecule has 2 heterocycles. The Bertz CT molecular complexity index is 718. The Morgan fingerprint density at radius 2 is 2.33 bits per heavy atom. The monoisotopic (exact) mass is 299 g/mol.